The Balaban J connectivity index is 4.10. The van der Waals surface area contributed by atoms with E-state index in [-0.39, 0.29) is 0 Å². The second-order valence-electron chi connectivity index (χ2n) is 3.97. The lowest BCUT2D eigenvalue weighted by atomic mass is 13.0. The molecule has 28 heteroatoms. The van der Waals surface area contributed by atoms with Crippen LogP contribution in [-0.2, 0) is 0 Å². The Kier molecular flexibility index (Phi) is 7.79. The van der Waals surface area contributed by atoms with Gasteiger partial charge >= 0.3 is 23.6 Å². The molecule has 0 aliphatic carbocycles. The summed E-state index contributed by atoms with van der Waals surface area (Å²) < 4.78 is 3.81. The molecule has 0 fully saturated rings. The summed E-state index contributed by atoms with van der Waals surface area (Å²) in [5.74, 6) is 0. The molecule has 2 unspecified atom stereocenters. The van der Waals surface area contributed by atoms with Crippen LogP contribution < -0.4 is 25.6 Å². The summed E-state index contributed by atoms with van der Waals surface area (Å²) in [7, 11) is -16.2. The van der Waals surface area contributed by atoms with Crippen molar-refractivity contribution in [1.82, 2.24) is 14.6 Å². The second-order valence-corrected chi connectivity index (χ2v) is 13.2. The van der Waals surface area contributed by atoms with E-state index in [1.54, 1.807) is 0 Å². The largest absolute Gasteiger partial charge is 0.461 e. The van der Waals surface area contributed by atoms with Crippen LogP contribution in [0.2, 0.25) is 0 Å². The molecule has 1 heterocycles. The van der Waals surface area contributed by atoms with Gasteiger partial charge in [0.15, 0.2) is 0 Å². The van der Waals surface area contributed by atoms with E-state index in [9.17, 15) is 0 Å². The van der Waals surface area contributed by atoms with Crippen LogP contribution >= 0.6 is 31.1 Å². The quantitative estimate of drug-likeness (QED) is 0.145. The molecule has 2 atom stereocenters. The highest BCUT2D eigenvalue weighted by Crippen LogP contribution is 2.79. The minimum Gasteiger partial charge on any atom is -0.275 e. The number of rotatable bonds is 6. The van der Waals surface area contributed by atoms with Crippen molar-refractivity contribution in [3.63, 3.8) is 0 Å². The minimum atomic E-state index is -4.12. The highest BCUT2D eigenvalue weighted by Gasteiger charge is 2.66. The van der Waals surface area contributed by atoms with E-state index in [4.69, 9.17) is 44.2 Å². The van der Waals surface area contributed by atoms with Gasteiger partial charge in [0, 0.05) is 39.2 Å². The highest BCUT2D eigenvalue weighted by atomic mass is 31.3. The predicted molar refractivity (Wildman–Crippen MR) is 103 cm³/mol. The second kappa shape index (κ2) is 9.40. The molecule has 1 rings (SSSR count). The monoisotopic (exact) mass is 467 g/mol. The van der Waals surface area contributed by atoms with E-state index in [1.807, 2.05) is 0 Å². The Morgan fingerprint density at radius 2 is 1.25 bits per heavy atom. The van der Waals surface area contributed by atoms with Crippen molar-refractivity contribution >= 4 is 31.1 Å². The lowest BCUT2D eigenvalue weighted by Crippen LogP contribution is -2.35. The summed E-state index contributed by atoms with van der Waals surface area (Å²) in [6.07, 6.45) is 0. The first-order valence-corrected chi connectivity index (χ1v) is 12.8. The van der Waals surface area contributed by atoms with Crippen molar-refractivity contribution in [1.29, 1.82) is 0 Å². The number of azide groups is 4. The van der Waals surface area contributed by atoms with Crippen LogP contribution in [0, 0.1) is 0 Å². The molecule has 0 saturated heterocycles. The molecule has 0 aromatic rings. The third kappa shape index (κ3) is 5.59. The fourth-order valence-electron chi connectivity index (χ4n) is 1.52. The molecule has 0 saturated carbocycles. The van der Waals surface area contributed by atoms with Gasteiger partial charge in [-0.15, -0.1) is 0 Å². The molecule has 1 aliphatic rings. The third-order valence-electron chi connectivity index (χ3n) is 2.15. The summed E-state index contributed by atoms with van der Waals surface area (Å²) in [5, 5.41) is 0. The average Bonchev–Trinajstić information content (AvgIpc) is 2.54. The van der Waals surface area contributed by atoms with Crippen LogP contribution in [0.3, 0.4) is 0 Å². The highest BCUT2D eigenvalue weighted by molar-refractivity contribution is 7.95. The van der Waals surface area contributed by atoms with Crippen molar-refractivity contribution in [3.05, 3.63) is 62.7 Å². The number of nitrogens with two attached hydrogens (primary N) is 2. The van der Waals surface area contributed by atoms with Crippen LogP contribution in [0.4, 0.5) is 0 Å². The molecular formula is H7N24P4+3. The maximum Gasteiger partial charge on any atom is 0.461 e. The van der Waals surface area contributed by atoms with Gasteiger partial charge in [-0.05, 0) is 38.1 Å². The van der Waals surface area contributed by atoms with Gasteiger partial charge in [0.2, 0.25) is 0 Å². The lowest BCUT2D eigenvalue weighted by molar-refractivity contribution is 1.19. The van der Waals surface area contributed by atoms with Gasteiger partial charge in [-0.25, -0.2) is 0 Å². The Morgan fingerprint density at radius 3 is 1.68 bits per heavy atom. The average molecular weight is 467 g/mol. The number of nitrogens with one attached hydrogen (secondary N) is 3. The van der Waals surface area contributed by atoms with Gasteiger partial charge in [0.25, 0.3) is 7.51 Å². The van der Waals surface area contributed by atoms with Crippen LogP contribution in [0.25, 0.3) is 62.7 Å². The van der Waals surface area contributed by atoms with Crippen LogP contribution in [0.5, 0.6) is 0 Å². The maximum absolute atomic E-state index is 8.83. The maximum atomic E-state index is 8.83. The van der Waals surface area contributed by atoms with Crippen LogP contribution in [0.15, 0.2) is 33.8 Å². The van der Waals surface area contributed by atoms with E-state index in [1.165, 1.54) is 0 Å². The molecule has 144 valence electrons. The van der Waals surface area contributed by atoms with E-state index < -0.39 is 31.1 Å². The fourth-order valence-corrected chi connectivity index (χ4v) is 12.9. The van der Waals surface area contributed by atoms with Crippen molar-refractivity contribution in [3.8, 4) is 0 Å². The number of nitrogens with zero attached hydrogens (tertiary/aromatic N) is 19. The molecule has 28 heavy (non-hydrogen) atoms. The summed E-state index contributed by atoms with van der Waals surface area (Å²) in [4.78, 5) is 41.4. The number of hydrogen-bond donors (Lipinski definition) is 5. The van der Waals surface area contributed by atoms with Crippen LogP contribution in [0.1, 0.15) is 0 Å². The third-order valence-corrected chi connectivity index (χ3v) is 13.2. The Bertz CT molecular complexity index is 936. The molecule has 0 amide bonds. The molecule has 0 aromatic heterocycles. The minimum absolute atomic E-state index is 2.28. The lowest BCUT2D eigenvalue weighted by Gasteiger charge is -2.25. The molecular weight excluding hydrogens is 460 g/mol. The topological polar surface area (TPSA) is 393 Å². The zero-order valence-corrected chi connectivity index (χ0v) is 16.5. The van der Waals surface area contributed by atoms with E-state index in [0.717, 1.165) is 0 Å². The fraction of sp³-hybridized carbons (Fsp3) is 0. The first-order chi connectivity index (χ1) is 13.2. The zero-order valence-electron chi connectivity index (χ0n) is 12.9. The molecule has 1 aliphatic heterocycles. The molecule has 0 aromatic carbocycles. The number of hydrogen-bond acceptors (Lipinski definition) is 12. The van der Waals surface area contributed by atoms with Crippen molar-refractivity contribution in [2.45, 2.75) is 0 Å². The molecule has 0 bridgehead atoms. The molecule has 7 N–H and O–H groups in total. The summed E-state index contributed by atoms with van der Waals surface area (Å²) in [6, 6.07) is 0. The molecule has 0 radical (unpaired) electrons. The zero-order chi connectivity index (χ0) is 21.3. The van der Waals surface area contributed by atoms with E-state index in [0.29, 0.717) is 0 Å². The van der Waals surface area contributed by atoms with Crippen molar-refractivity contribution < 1.29 is 0 Å². The normalized spacial score (nSPS) is 33.8. The van der Waals surface area contributed by atoms with Crippen molar-refractivity contribution in [2.75, 3.05) is 0 Å². The van der Waals surface area contributed by atoms with E-state index in [2.05, 4.69) is 77.9 Å². The molecule has 0 spiro atoms. The first-order valence-electron chi connectivity index (χ1n) is 5.86. The Labute approximate surface area is 154 Å². The van der Waals surface area contributed by atoms with Gasteiger partial charge in [-0.2, -0.15) is 5.50 Å². The standard InChI is InChI=1S/H7N24P4/c1-9-15-25(7)21-27(17-11-3,18-12-4)23-26(8,16-10-2)24-28(22-25,19-13-5)20-14-6/h21-23H,7-8H2/q+3. The smallest absolute Gasteiger partial charge is 0.275 e. The summed E-state index contributed by atoms with van der Waals surface area (Å²) in [6.45, 7) is 0. The van der Waals surface area contributed by atoms with Gasteiger partial charge in [0.05, 0.1) is 0 Å². The van der Waals surface area contributed by atoms with Gasteiger partial charge in [-0.3, -0.25) is 5.50 Å². The predicted octanol–water partition coefficient (Wildman–Crippen LogP) is 5.53. The molecule has 24 nitrogen and oxygen atoms in total. The first kappa shape index (κ1) is 23.2. The summed E-state index contributed by atoms with van der Waals surface area (Å²) >= 11 is 0. The van der Waals surface area contributed by atoms with Gasteiger partial charge < -0.3 is 0 Å². The summed E-state index contributed by atoms with van der Waals surface area (Å²) in [5.41, 5.74) is 64.7. The Hall–Kier alpha value is -2.82. The van der Waals surface area contributed by atoms with Gasteiger partial charge in [0.1, 0.15) is 24.4 Å². The van der Waals surface area contributed by atoms with Gasteiger partial charge in [-0.1, -0.05) is 9.37 Å². The van der Waals surface area contributed by atoms with Crippen LogP contribution in [-0.4, -0.2) is 0 Å². The SMILES string of the molecule is [N-]=[N+]=NP1(N)=N[P+](N=[N+]=[N-])(N=[N+]=[N-])N[P+](N)(N=[N+]=[N-])N[P+](N=[N+]=[N-])(N=[N+]=[N-])N1. The van der Waals surface area contributed by atoms with Crippen molar-refractivity contribution in [2.24, 2.45) is 44.8 Å². The Morgan fingerprint density at radius 1 is 0.750 bits per heavy atom. The van der Waals surface area contributed by atoms with E-state index >= 15 is 0 Å².